The molecule has 1 aromatic heterocycles. The van der Waals surface area contributed by atoms with Gasteiger partial charge in [-0.1, -0.05) is 13.8 Å². The van der Waals surface area contributed by atoms with Crippen LogP contribution in [0.4, 0.5) is 5.69 Å². The number of nitrogens with zero attached hydrogens (tertiary/aromatic N) is 3. The molecule has 6 heteroatoms. The van der Waals surface area contributed by atoms with Crippen molar-refractivity contribution in [3.05, 3.63) is 22.5 Å². The molecule has 0 saturated heterocycles. The monoisotopic (exact) mass is 212 g/mol. The minimum Gasteiger partial charge on any atom is -0.317 e. The third-order valence-electron chi connectivity index (χ3n) is 2.07. The summed E-state index contributed by atoms with van der Waals surface area (Å²) in [5, 5.41) is 17.6. The van der Waals surface area contributed by atoms with Crippen LogP contribution in [0.1, 0.15) is 13.8 Å². The molecule has 0 radical (unpaired) electrons. The topological polar surface area (TPSA) is 73.0 Å². The molecule has 0 aromatic carbocycles. The normalized spacial score (nSPS) is 12.7. The molecule has 0 aliphatic carbocycles. The Balaban J connectivity index is 2.46. The van der Waals surface area contributed by atoms with E-state index < -0.39 is 4.92 Å². The zero-order valence-corrected chi connectivity index (χ0v) is 9.01. The van der Waals surface area contributed by atoms with Gasteiger partial charge in [0.2, 0.25) is 0 Å². The van der Waals surface area contributed by atoms with Crippen molar-refractivity contribution in [1.29, 1.82) is 0 Å². The van der Waals surface area contributed by atoms with Crippen LogP contribution in [0.2, 0.25) is 0 Å². The molecular formula is C9H16N4O2. The van der Waals surface area contributed by atoms with E-state index >= 15 is 0 Å². The van der Waals surface area contributed by atoms with Gasteiger partial charge >= 0.3 is 5.69 Å². The SMILES string of the molecule is CCNCC(C)Cn1cc([N+](=O)[O-])cn1. The first kappa shape index (κ1) is 11.6. The molecule has 84 valence electrons. The van der Waals surface area contributed by atoms with Crippen molar-refractivity contribution >= 4 is 5.69 Å². The van der Waals surface area contributed by atoms with E-state index in [0.717, 1.165) is 13.1 Å². The molecule has 1 N–H and O–H groups in total. The second-order valence-corrected chi connectivity index (χ2v) is 3.59. The van der Waals surface area contributed by atoms with Gasteiger partial charge in [-0.2, -0.15) is 5.10 Å². The van der Waals surface area contributed by atoms with Crippen LogP contribution in [-0.2, 0) is 6.54 Å². The summed E-state index contributed by atoms with van der Waals surface area (Å²) in [6.07, 6.45) is 2.74. The smallest absolute Gasteiger partial charge is 0.306 e. The first-order valence-corrected chi connectivity index (χ1v) is 5.01. The molecule has 1 atom stereocenters. The van der Waals surface area contributed by atoms with Gasteiger partial charge in [0.25, 0.3) is 0 Å². The maximum atomic E-state index is 10.4. The molecule has 1 unspecified atom stereocenters. The van der Waals surface area contributed by atoms with Gasteiger partial charge in [0.15, 0.2) is 0 Å². The zero-order valence-electron chi connectivity index (χ0n) is 9.01. The minimum absolute atomic E-state index is 0.0469. The summed E-state index contributed by atoms with van der Waals surface area (Å²) >= 11 is 0. The number of nitro groups is 1. The van der Waals surface area contributed by atoms with Crippen LogP contribution in [0.5, 0.6) is 0 Å². The third-order valence-corrected chi connectivity index (χ3v) is 2.07. The van der Waals surface area contributed by atoms with Gasteiger partial charge < -0.3 is 5.32 Å². The van der Waals surface area contributed by atoms with E-state index in [9.17, 15) is 10.1 Å². The van der Waals surface area contributed by atoms with E-state index in [0.29, 0.717) is 12.5 Å². The van der Waals surface area contributed by atoms with Crippen molar-refractivity contribution in [2.24, 2.45) is 5.92 Å². The summed E-state index contributed by atoms with van der Waals surface area (Å²) in [5.74, 6) is 0.407. The van der Waals surface area contributed by atoms with Gasteiger partial charge in [-0.3, -0.25) is 14.8 Å². The van der Waals surface area contributed by atoms with Crippen molar-refractivity contribution in [1.82, 2.24) is 15.1 Å². The van der Waals surface area contributed by atoms with Gasteiger partial charge in [0.05, 0.1) is 4.92 Å². The van der Waals surface area contributed by atoms with E-state index in [4.69, 9.17) is 0 Å². The summed E-state index contributed by atoms with van der Waals surface area (Å²) in [6.45, 7) is 6.65. The van der Waals surface area contributed by atoms with Crippen molar-refractivity contribution in [2.75, 3.05) is 13.1 Å². The summed E-state index contributed by atoms with van der Waals surface area (Å²) < 4.78 is 1.61. The van der Waals surface area contributed by atoms with Gasteiger partial charge in [-0.15, -0.1) is 0 Å². The quantitative estimate of drug-likeness (QED) is 0.564. The Bertz CT molecular complexity index is 324. The fraction of sp³-hybridized carbons (Fsp3) is 0.667. The Morgan fingerprint density at radius 3 is 3.00 bits per heavy atom. The zero-order chi connectivity index (χ0) is 11.3. The van der Waals surface area contributed by atoms with Gasteiger partial charge in [0.1, 0.15) is 12.4 Å². The molecular weight excluding hydrogens is 196 g/mol. The molecule has 0 spiro atoms. The highest BCUT2D eigenvalue weighted by molar-refractivity contribution is 5.20. The Morgan fingerprint density at radius 2 is 2.47 bits per heavy atom. The van der Waals surface area contributed by atoms with Crippen LogP contribution in [-0.4, -0.2) is 27.8 Å². The van der Waals surface area contributed by atoms with Crippen LogP contribution < -0.4 is 5.32 Å². The summed E-state index contributed by atoms with van der Waals surface area (Å²) in [5.41, 5.74) is 0.0469. The Labute approximate surface area is 88.4 Å². The molecule has 1 heterocycles. The largest absolute Gasteiger partial charge is 0.317 e. The first-order chi connectivity index (χ1) is 7.13. The van der Waals surface area contributed by atoms with Crippen LogP contribution in [0.15, 0.2) is 12.4 Å². The van der Waals surface area contributed by atoms with Gasteiger partial charge in [-0.25, -0.2) is 0 Å². The second-order valence-electron chi connectivity index (χ2n) is 3.59. The van der Waals surface area contributed by atoms with Crippen molar-refractivity contribution in [3.8, 4) is 0 Å². The summed E-state index contributed by atoms with van der Waals surface area (Å²) in [6, 6.07) is 0. The van der Waals surface area contributed by atoms with Crippen LogP contribution in [0.25, 0.3) is 0 Å². The van der Waals surface area contributed by atoms with Gasteiger partial charge in [0, 0.05) is 6.54 Å². The molecule has 0 amide bonds. The molecule has 0 fully saturated rings. The molecule has 1 aromatic rings. The lowest BCUT2D eigenvalue weighted by Gasteiger charge is -2.10. The highest BCUT2D eigenvalue weighted by Crippen LogP contribution is 2.09. The maximum Gasteiger partial charge on any atom is 0.306 e. The van der Waals surface area contributed by atoms with E-state index in [1.807, 2.05) is 6.92 Å². The number of rotatable bonds is 6. The molecule has 6 nitrogen and oxygen atoms in total. The molecule has 0 bridgehead atoms. The molecule has 1 rings (SSSR count). The lowest BCUT2D eigenvalue weighted by atomic mass is 10.2. The predicted octanol–water partition coefficient (Wildman–Crippen LogP) is 1.04. The van der Waals surface area contributed by atoms with Crippen LogP contribution >= 0.6 is 0 Å². The minimum atomic E-state index is -0.432. The van der Waals surface area contributed by atoms with E-state index in [-0.39, 0.29) is 5.69 Å². The highest BCUT2D eigenvalue weighted by atomic mass is 16.6. The molecule has 0 aliphatic heterocycles. The number of hydrogen-bond donors (Lipinski definition) is 1. The maximum absolute atomic E-state index is 10.4. The predicted molar refractivity (Wildman–Crippen MR) is 56.6 cm³/mol. The van der Waals surface area contributed by atoms with Crippen LogP contribution in [0.3, 0.4) is 0 Å². The van der Waals surface area contributed by atoms with Crippen LogP contribution in [0, 0.1) is 16.0 Å². The second kappa shape index (κ2) is 5.45. The van der Waals surface area contributed by atoms with Crippen molar-refractivity contribution in [3.63, 3.8) is 0 Å². The number of aromatic nitrogens is 2. The Kier molecular flexibility index (Phi) is 4.23. The first-order valence-electron chi connectivity index (χ1n) is 5.01. The molecule has 15 heavy (non-hydrogen) atoms. The average molecular weight is 212 g/mol. The number of nitrogens with one attached hydrogen (secondary N) is 1. The molecule has 0 saturated carbocycles. The fourth-order valence-corrected chi connectivity index (χ4v) is 1.32. The van der Waals surface area contributed by atoms with E-state index in [2.05, 4.69) is 17.3 Å². The number of hydrogen-bond acceptors (Lipinski definition) is 4. The standard InChI is InChI=1S/C9H16N4O2/c1-3-10-4-8(2)6-12-7-9(5-11-12)13(14)15/h5,7-8,10H,3-4,6H2,1-2H3. The Morgan fingerprint density at radius 1 is 1.73 bits per heavy atom. The fourth-order valence-electron chi connectivity index (χ4n) is 1.32. The lowest BCUT2D eigenvalue weighted by Crippen LogP contribution is -2.23. The third kappa shape index (κ3) is 3.67. The summed E-state index contributed by atoms with van der Waals surface area (Å²) in [7, 11) is 0. The average Bonchev–Trinajstić information content (AvgIpc) is 2.63. The van der Waals surface area contributed by atoms with Gasteiger partial charge in [-0.05, 0) is 19.0 Å². The van der Waals surface area contributed by atoms with Crippen molar-refractivity contribution in [2.45, 2.75) is 20.4 Å². The lowest BCUT2D eigenvalue weighted by molar-refractivity contribution is -0.385. The Hall–Kier alpha value is -1.43. The highest BCUT2D eigenvalue weighted by Gasteiger charge is 2.10. The summed E-state index contributed by atoms with van der Waals surface area (Å²) in [4.78, 5) is 9.98. The van der Waals surface area contributed by atoms with E-state index in [1.54, 1.807) is 4.68 Å². The van der Waals surface area contributed by atoms with E-state index in [1.165, 1.54) is 12.4 Å². The molecule has 0 aliphatic rings. The van der Waals surface area contributed by atoms with Crippen molar-refractivity contribution < 1.29 is 4.92 Å².